The normalized spacial score (nSPS) is 19.2. The molecule has 0 saturated carbocycles. The summed E-state index contributed by atoms with van der Waals surface area (Å²) >= 11 is 0. The smallest absolute Gasteiger partial charge is 0.410 e. The number of aromatic nitrogens is 1. The van der Waals surface area contributed by atoms with Crippen molar-refractivity contribution in [2.45, 2.75) is 45.3 Å². The average molecular weight is 605 g/mol. The largest absolute Gasteiger partial charge is 0.493 e. The summed E-state index contributed by atoms with van der Waals surface area (Å²) < 4.78 is 11.8. The Labute approximate surface area is 264 Å². The van der Waals surface area contributed by atoms with Crippen molar-refractivity contribution in [1.82, 2.24) is 14.8 Å². The minimum Gasteiger partial charge on any atom is -0.493 e. The summed E-state index contributed by atoms with van der Waals surface area (Å²) in [4.78, 5) is 36.2. The molecule has 0 radical (unpaired) electrons. The molecule has 45 heavy (non-hydrogen) atoms. The molecule has 0 unspecified atom stereocenters. The number of para-hydroxylation sites is 2. The number of nitrogens with two attached hydrogens (primary N) is 1. The van der Waals surface area contributed by atoms with E-state index in [1.807, 2.05) is 78.6 Å². The number of carbonyl (C=O) groups is 2. The predicted octanol–water partition coefficient (Wildman–Crippen LogP) is 6.69. The molecular formula is C37H40N4O4. The molecule has 1 saturated heterocycles. The molecule has 2 amide bonds. The molecule has 1 fully saturated rings. The van der Waals surface area contributed by atoms with Gasteiger partial charge in [0.05, 0.1) is 30.1 Å². The third-order valence-corrected chi connectivity index (χ3v) is 9.27. The van der Waals surface area contributed by atoms with Crippen LogP contribution in [0.3, 0.4) is 0 Å². The van der Waals surface area contributed by atoms with Gasteiger partial charge in [-0.15, -0.1) is 0 Å². The van der Waals surface area contributed by atoms with E-state index in [1.165, 1.54) is 0 Å². The first-order valence-corrected chi connectivity index (χ1v) is 15.8. The number of likely N-dealkylation sites (tertiary alicyclic amines) is 1. The SMILES string of the molecule is CCOc1ccccc1-c1ccc2c(n1)CN(C(=O)OCc1ccccc1)C[C@]21CCN(C(=O)c2ccccc2N)C[C@H]1CC. The molecule has 1 aromatic heterocycles. The zero-order valence-electron chi connectivity index (χ0n) is 25.9. The first kappa shape index (κ1) is 30.2. The van der Waals surface area contributed by atoms with Crippen LogP contribution < -0.4 is 10.5 Å². The predicted molar refractivity (Wildman–Crippen MR) is 175 cm³/mol. The number of hydrogen-bond donors (Lipinski definition) is 1. The maximum absolute atomic E-state index is 13.7. The first-order chi connectivity index (χ1) is 21.9. The van der Waals surface area contributed by atoms with Crippen LogP contribution in [0.15, 0.2) is 91.0 Å². The lowest BCUT2D eigenvalue weighted by molar-refractivity contribution is 0.0268. The van der Waals surface area contributed by atoms with Gasteiger partial charge in [0.25, 0.3) is 5.91 Å². The van der Waals surface area contributed by atoms with Crippen LogP contribution in [0, 0.1) is 5.92 Å². The van der Waals surface area contributed by atoms with E-state index in [1.54, 1.807) is 17.0 Å². The third-order valence-electron chi connectivity index (χ3n) is 9.27. The minimum atomic E-state index is -0.391. The molecular weight excluding hydrogens is 564 g/mol. The summed E-state index contributed by atoms with van der Waals surface area (Å²) in [5.41, 5.74) is 11.4. The van der Waals surface area contributed by atoms with E-state index in [9.17, 15) is 9.59 Å². The van der Waals surface area contributed by atoms with Gasteiger partial charge in [-0.05, 0) is 60.7 Å². The van der Waals surface area contributed by atoms with Gasteiger partial charge in [-0.1, -0.05) is 74.0 Å². The Balaban J connectivity index is 1.35. The molecule has 0 bridgehead atoms. The number of nitrogens with zero attached hydrogens (tertiary/aromatic N) is 3. The van der Waals surface area contributed by atoms with Gasteiger partial charge in [-0.3, -0.25) is 9.78 Å². The van der Waals surface area contributed by atoms with Gasteiger partial charge in [0.1, 0.15) is 12.4 Å². The highest BCUT2D eigenvalue weighted by molar-refractivity contribution is 5.99. The van der Waals surface area contributed by atoms with Crippen LogP contribution in [0.5, 0.6) is 5.75 Å². The standard InChI is InChI=1S/C37H40N4O4/c1-3-27-22-40(35(42)28-14-8-10-16-31(28)38)21-20-37(27)25-41(36(43)45-24-26-12-6-5-7-13-26)23-33-30(37)18-19-32(39-33)29-15-9-11-17-34(29)44-4-2/h5-19,27H,3-4,20-25,38H2,1-2H3/t27-,37+/m1/s1. The molecule has 4 aromatic rings. The molecule has 8 heteroatoms. The number of carbonyl (C=O) groups excluding carboxylic acids is 2. The topological polar surface area (TPSA) is 98.0 Å². The zero-order valence-corrected chi connectivity index (χ0v) is 25.9. The number of fused-ring (bicyclic) bond motifs is 2. The van der Waals surface area contributed by atoms with Gasteiger partial charge >= 0.3 is 6.09 Å². The van der Waals surface area contributed by atoms with Crippen molar-refractivity contribution in [3.8, 4) is 17.0 Å². The first-order valence-electron chi connectivity index (χ1n) is 15.8. The molecule has 2 aliphatic heterocycles. The summed E-state index contributed by atoms with van der Waals surface area (Å²) in [7, 11) is 0. The Morgan fingerprint density at radius 2 is 1.69 bits per heavy atom. The zero-order chi connectivity index (χ0) is 31.4. The van der Waals surface area contributed by atoms with Gasteiger partial charge in [0.15, 0.2) is 0 Å². The van der Waals surface area contributed by atoms with Crippen LogP contribution in [0.1, 0.15) is 53.9 Å². The highest BCUT2D eigenvalue weighted by atomic mass is 16.6. The van der Waals surface area contributed by atoms with Gasteiger partial charge in [-0.25, -0.2) is 4.79 Å². The van der Waals surface area contributed by atoms with Crippen LogP contribution in [0.4, 0.5) is 10.5 Å². The highest BCUT2D eigenvalue weighted by Gasteiger charge is 2.50. The monoisotopic (exact) mass is 604 g/mol. The fraction of sp³-hybridized carbons (Fsp3) is 0.324. The molecule has 232 valence electrons. The lowest BCUT2D eigenvalue weighted by atomic mass is 9.62. The second kappa shape index (κ2) is 13.0. The van der Waals surface area contributed by atoms with Crippen molar-refractivity contribution in [2.75, 3.05) is 32.0 Å². The fourth-order valence-electron chi connectivity index (χ4n) is 6.99. The molecule has 2 atom stereocenters. The summed E-state index contributed by atoms with van der Waals surface area (Å²) in [6.07, 6.45) is 1.15. The number of amides is 2. The van der Waals surface area contributed by atoms with Crippen LogP contribution in [-0.4, -0.2) is 53.0 Å². The maximum atomic E-state index is 13.7. The Morgan fingerprint density at radius 1 is 0.933 bits per heavy atom. The lowest BCUT2D eigenvalue weighted by Crippen LogP contribution is -2.59. The Hall–Kier alpha value is -4.85. The van der Waals surface area contributed by atoms with Gasteiger partial charge in [0, 0.05) is 36.3 Å². The molecule has 3 aromatic carbocycles. The fourth-order valence-corrected chi connectivity index (χ4v) is 6.99. The molecule has 2 N–H and O–H groups in total. The van der Waals surface area contributed by atoms with Crippen LogP contribution in [-0.2, 0) is 23.3 Å². The quantitative estimate of drug-likeness (QED) is 0.236. The summed E-state index contributed by atoms with van der Waals surface area (Å²) in [5.74, 6) is 0.806. The molecule has 8 nitrogen and oxygen atoms in total. The van der Waals surface area contributed by atoms with Gasteiger partial charge < -0.3 is 25.0 Å². The molecule has 0 aliphatic carbocycles. The Morgan fingerprint density at radius 3 is 2.47 bits per heavy atom. The van der Waals surface area contributed by atoms with Crippen molar-refractivity contribution >= 4 is 17.7 Å². The van der Waals surface area contributed by atoms with Crippen LogP contribution in [0.25, 0.3) is 11.3 Å². The number of ether oxygens (including phenoxy) is 2. The number of pyridine rings is 1. The number of benzene rings is 3. The second-order valence-corrected chi connectivity index (χ2v) is 11.9. The minimum absolute atomic E-state index is 0.0578. The lowest BCUT2D eigenvalue weighted by Gasteiger charge is -2.52. The van der Waals surface area contributed by atoms with Crippen molar-refractivity contribution in [3.05, 3.63) is 113 Å². The van der Waals surface area contributed by atoms with Crippen LogP contribution >= 0.6 is 0 Å². The van der Waals surface area contributed by atoms with E-state index in [0.29, 0.717) is 50.5 Å². The third kappa shape index (κ3) is 5.97. The molecule has 2 aliphatic rings. The van der Waals surface area contributed by atoms with E-state index in [0.717, 1.165) is 40.2 Å². The highest BCUT2D eigenvalue weighted by Crippen LogP contribution is 2.47. The summed E-state index contributed by atoms with van der Waals surface area (Å²) in [6.45, 7) is 6.82. The summed E-state index contributed by atoms with van der Waals surface area (Å²) in [6, 6.07) is 29.1. The molecule has 3 heterocycles. The second-order valence-electron chi connectivity index (χ2n) is 11.9. The van der Waals surface area contributed by atoms with Gasteiger partial charge in [-0.2, -0.15) is 0 Å². The number of hydrogen-bond acceptors (Lipinski definition) is 6. The van der Waals surface area contributed by atoms with Crippen molar-refractivity contribution in [1.29, 1.82) is 0 Å². The number of rotatable bonds is 7. The van der Waals surface area contributed by atoms with Gasteiger partial charge in [0.2, 0.25) is 0 Å². The average Bonchev–Trinajstić information content (AvgIpc) is 3.08. The molecule has 6 rings (SSSR count). The van der Waals surface area contributed by atoms with Crippen molar-refractivity contribution in [2.24, 2.45) is 5.92 Å². The van der Waals surface area contributed by atoms with Crippen LogP contribution in [0.2, 0.25) is 0 Å². The number of piperidine rings is 1. The molecule has 1 spiro atoms. The van der Waals surface area contributed by atoms with E-state index in [2.05, 4.69) is 19.1 Å². The number of anilines is 1. The van der Waals surface area contributed by atoms with Crippen molar-refractivity contribution in [3.63, 3.8) is 0 Å². The maximum Gasteiger partial charge on any atom is 0.410 e. The Bertz CT molecular complexity index is 1680. The van der Waals surface area contributed by atoms with E-state index in [-0.39, 0.29) is 24.5 Å². The Kier molecular flexibility index (Phi) is 8.74. The van der Waals surface area contributed by atoms with E-state index in [4.69, 9.17) is 20.2 Å². The number of nitrogen functional groups attached to an aromatic ring is 1. The van der Waals surface area contributed by atoms with Crippen molar-refractivity contribution < 1.29 is 19.1 Å². The van der Waals surface area contributed by atoms with E-state index < -0.39 is 5.41 Å². The van der Waals surface area contributed by atoms with E-state index >= 15 is 0 Å². The summed E-state index contributed by atoms with van der Waals surface area (Å²) in [5, 5.41) is 0.